The number of carbonyl (C=O) groups excluding carboxylic acids is 1. The van der Waals surface area contributed by atoms with Crippen molar-refractivity contribution in [1.29, 1.82) is 0 Å². The lowest BCUT2D eigenvalue weighted by Gasteiger charge is -2.25. The summed E-state index contributed by atoms with van der Waals surface area (Å²) in [5, 5.41) is 3.21. The predicted octanol–water partition coefficient (Wildman–Crippen LogP) is 5.31. The van der Waals surface area contributed by atoms with Crippen LogP contribution in [-0.4, -0.2) is 55.4 Å². The van der Waals surface area contributed by atoms with E-state index in [1.807, 2.05) is 20.9 Å². The number of nitrogens with zero attached hydrogens (tertiary/aromatic N) is 2. The van der Waals surface area contributed by atoms with Crippen molar-refractivity contribution in [2.75, 3.05) is 38.5 Å². The van der Waals surface area contributed by atoms with E-state index in [0.29, 0.717) is 17.9 Å². The van der Waals surface area contributed by atoms with Gasteiger partial charge in [0.2, 0.25) is 0 Å². The average molecular weight is 416 g/mol. The Morgan fingerprint density at radius 1 is 1.03 bits per heavy atom. The first-order chi connectivity index (χ1) is 14.5. The minimum atomic E-state index is -0.319. The molecule has 2 aromatic rings. The summed E-state index contributed by atoms with van der Waals surface area (Å²) in [6.07, 6.45) is 1.96. The molecule has 0 spiro atoms. The third kappa shape index (κ3) is 9.51. The highest BCUT2D eigenvalue weighted by atomic mass is 19.1. The van der Waals surface area contributed by atoms with Gasteiger partial charge in [0.25, 0.3) is 0 Å². The highest BCUT2D eigenvalue weighted by Gasteiger charge is 2.16. The molecule has 0 saturated carbocycles. The van der Waals surface area contributed by atoms with Crippen LogP contribution in [0.25, 0.3) is 0 Å². The van der Waals surface area contributed by atoms with Gasteiger partial charge < -0.3 is 5.32 Å². The van der Waals surface area contributed by atoms with Crippen molar-refractivity contribution in [2.45, 2.75) is 46.7 Å². The topological polar surface area (TPSA) is 35.6 Å². The molecule has 0 amide bonds. The maximum absolute atomic E-state index is 12.1. The van der Waals surface area contributed by atoms with Gasteiger partial charge in [0.05, 0.1) is 0 Å². The molecule has 1 saturated heterocycles. The molecule has 0 atom stereocenters. The summed E-state index contributed by atoms with van der Waals surface area (Å²) in [6.45, 7) is 14.5. The Kier molecular flexibility index (Phi) is 12.6. The van der Waals surface area contributed by atoms with Gasteiger partial charge in [-0.15, -0.1) is 0 Å². The van der Waals surface area contributed by atoms with Gasteiger partial charge in [-0.3, -0.25) is 14.6 Å². The Morgan fingerprint density at radius 2 is 1.73 bits per heavy atom. The molecule has 4 nitrogen and oxygen atoms in total. The molecule has 1 fully saturated rings. The first kappa shape index (κ1) is 25.8. The smallest absolute Gasteiger partial charge is 0.150 e. The van der Waals surface area contributed by atoms with Crippen LogP contribution in [0.3, 0.4) is 0 Å². The van der Waals surface area contributed by atoms with E-state index in [9.17, 15) is 9.18 Å². The normalized spacial score (nSPS) is 14.6. The molecular weight excluding hydrogens is 377 g/mol. The number of benzene rings is 2. The number of halogens is 1. The summed E-state index contributed by atoms with van der Waals surface area (Å²) in [5.41, 5.74) is 3.11. The zero-order valence-corrected chi connectivity index (χ0v) is 19.2. The molecule has 5 heteroatoms. The van der Waals surface area contributed by atoms with Crippen LogP contribution in [0.2, 0.25) is 0 Å². The van der Waals surface area contributed by atoms with Crippen LogP contribution < -0.4 is 5.32 Å². The highest BCUT2D eigenvalue weighted by molar-refractivity contribution is 5.74. The zero-order chi connectivity index (χ0) is 22.4. The molecule has 0 aliphatic carbocycles. The zero-order valence-electron chi connectivity index (χ0n) is 19.2. The SMILES string of the molecule is CC.CNc1cccc(CN2CCCN(C(C)C)CC2)c1.O=Cc1ccc(F)cc1. The minimum Gasteiger partial charge on any atom is -0.388 e. The van der Waals surface area contributed by atoms with E-state index in [1.54, 1.807) is 0 Å². The summed E-state index contributed by atoms with van der Waals surface area (Å²) in [5.74, 6) is -0.319. The number of anilines is 1. The number of nitrogens with one attached hydrogen (secondary N) is 1. The Morgan fingerprint density at radius 3 is 2.33 bits per heavy atom. The van der Waals surface area contributed by atoms with E-state index in [0.717, 1.165) is 6.54 Å². The second kappa shape index (κ2) is 14.7. The Balaban J connectivity index is 0.000000342. The maximum atomic E-state index is 12.1. The van der Waals surface area contributed by atoms with Crippen LogP contribution in [0.5, 0.6) is 0 Å². The molecule has 0 radical (unpaired) electrons. The van der Waals surface area contributed by atoms with Crippen LogP contribution in [0.15, 0.2) is 48.5 Å². The van der Waals surface area contributed by atoms with Crippen molar-refractivity contribution in [2.24, 2.45) is 0 Å². The number of rotatable bonds is 5. The van der Waals surface area contributed by atoms with Crippen molar-refractivity contribution in [3.63, 3.8) is 0 Å². The van der Waals surface area contributed by atoms with Gasteiger partial charge in [0, 0.05) is 44.0 Å². The lowest BCUT2D eigenvalue weighted by atomic mass is 10.2. The fourth-order valence-electron chi connectivity index (χ4n) is 3.29. The largest absolute Gasteiger partial charge is 0.388 e. The van der Waals surface area contributed by atoms with Crippen molar-refractivity contribution in [1.82, 2.24) is 9.80 Å². The van der Waals surface area contributed by atoms with E-state index >= 15 is 0 Å². The molecule has 0 aromatic heterocycles. The van der Waals surface area contributed by atoms with Crippen LogP contribution >= 0.6 is 0 Å². The number of aldehydes is 1. The molecule has 1 N–H and O–H groups in total. The third-order valence-electron chi connectivity index (χ3n) is 4.98. The third-order valence-corrected chi connectivity index (χ3v) is 4.98. The molecule has 1 aliphatic rings. The average Bonchev–Trinajstić information content (AvgIpc) is 3.02. The Bertz CT molecular complexity index is 719. The van der Waals surface area contributed by atoms with Gasteiger partial charge in [-0.25, -0.2) is 4.39 Å². The summed E-state index contributed by atoms with van der Waals surface area (Å²) < 4.78 is 12.1. The van der Waals surface area contributed by atoms with Crippen molar-refractivity contribution < 1.29 is 9.18 Å². The molecule has 1 heterocycles. The number of hydrogen-bond donors (Lipinski definition) is 1. The standard InChI is InChI=1S/C16H27N3.C7H5FO.C2H6/c1-14(2)19-9-5-8-18(10-11-19)13-15-6-4-7-16(12-15)17-3;8-7-3-1-6(5-9)2-4-7;1-2/h4,6-7,12,14,17H,5,8-11,13H2,1-3H3;1-5H;1-2H3. The lowest BCUT2D eigenvalue weighted by Crippen LogP contribution is -2.34. The molecular formula is C25H38FN3O. The molecule has 1 aliphatic heterocycles. The highest BCUT2D eigenvalue weighted by Crippen LogP contribution is 2.14. The monoisotopic (exact) mass is 415 g/mol. The van der Waals surface area contributed by atoms with Crippen LogP contribution in [0, 0.1) is 5.82 Å². The fourth-order valence-corrected chi connectivity index (χ4v) is 3.29. The lowest BCUT2D eigenvalue weighted by molar-refractivity contribution is 0.112. The van der Waals surface area contributed by atoms with Gasteiger partial charge in [-0.1, -0.05) is 26.0 Å². The fraction of sp³-hybridized carbons (Fsp3) is 0.480. The first-order valence-electron chi connectivity index (χ1n) is 11.0. The predicted molar refractivity (Wildman–Crippen MR) is 126 cm³/mol. The Hall–Kier alpha value is -2.24. The first-order valence-corrected chi connectivity index (χ1v) is 11.0. The summed E-state index contributed by atoms with van der Waals surface area (Å²) in [7, 11) is 1.98. The number of hydrogen-bond acceptors (Lipinski definition) is 4. The number of carbonyl (C=O) groups is 1. The molecule has 0 unspecified atom stereocenters. The van der Waals surface area contributed by atoms with E-state index in [2.05, 4.69) is 53.2 Å². The minimum absolute atomic E-state index is 0.319. The van der Waals surface area contributed by atoms with Crippen LogP contribution in [0.4, 0.5) is 10.1 Å². The second-order valence-electron chi connectivity index (χ2n) is 7.38. The molecule has 166 valence electrons. The quantitative estimate of drug-likeness (QED) is 0.672. The summed E-state index contributed by atoms with van der Waals surface area (Å²) in [6, 6.07) is 14.8. The van der Waals surface area contributed by atoms with Gasteiger partial charge >= 0.3 is 0 Å². The summed E-state index contributed by atoms with van der Waals surface area (Å²) in [4.78, 5) is 15.2. The molecule has 30 heavy (non-hydrogen) atoms. The van der Waals surface area contributed by atoms with E-state index < -0.39 is 0 Å². The van der Waals surface area contributed by atoms with Crippen molar-refractivity contribution in [3.8, 4) is 0 Å². The second-order valence-corrected chi connectivity index (χ2v) is 7.38. The van der Waals surface area contributed by atoms with Gasteiger partial charge in [-0.2, -0.15) is 0 Å². The van der Waals surface area contributed by atoms with Gasteiger partial charge in [-0.05, 0) is 75.3 Å². The van der Waals surface area contributed by atoms with Crippen LogP contribution in [0.1, 0.15) is 50.0 Å². The van der Waals surface area contributed by atoms with E-state index in [-0.39, 0.29) is 5.82 Å². The van der Waals surface area contributed by atoms with Crippen LogP contribution in [-0.2, 0) is 6.54 Å². The van der Waals surface area contributed by atoms with Crippen molar-refractivity contribution >= 4 is 12.0 Å². The summed E-state index contributed by atoms with van der Waals surface area (Å²) >= 11 is 0. The molecule has 3 rings (SSSR count). The Labute approximate surface area is 182 Å². The van der Waals surface area contributed by atoms with Gasteiger partial charge in [0.15, 0.2) is 0 Å². The van der Waals surface area contributed by atoms with E-state index in [1.165, 1.54) is 68.1 Å². The maximum Gasteiger partial charge on any atom is 0.150 e. The van der Waals surface area contributed by atoms with E-state index in [4.69, 9.17) is 0 Å². The molecule has 0 bridgehead atoms. The van der Waals surface area contributed by atoms with Gasteiger partial charge in [0.1, 0.15) is 12.1 Å². The van der Waals surface area contributed by atoms with Crippen molar-refractivity contribution in [3.05, 3.63) is 65.5 Å². The molecule has 2 aromatic carbocycles.